The van der Waals surface area contributed by atoms with E-state index in [-0.39, 0.29) is 22.9 Å². The van der Waals surface area contributed by atoms with Crippen molar-refractivity contribution in [3.63, 3.8) is 0 Å². The van der Waals surface area contributed by atoms with Crippen molar-refractivity contribution in [3.05, 3.63) is 12.2 Å². The number of aliphatic hydroxyl groups is 1. The van der Waals surface area contributed by atoms with Crippen LogP contribution in [0.2, 0.25) is 0 Å². The van der Waals surface area contributed by atoms with Crippen LogP contribution in [0.25, 0.3) is 0 Å². The number of rotatable bonds is 3. The summed E-state index contributed by atoms with van der Waals surface area (Å²) in [5.41, 5.74) is 2.45. The molecule has 0 radical (unpaired) electrons. The zero-order valence-electron chi connectivity index (χ0n) is 23.7. The average Bonchev–Trinajstić information content (AvgIpc) is 3.16. The molecule has 3 nitrogen and oxygen atoms in total. The molecule has 0 aromatic heterocycles. The van der Waals surface area contributed by atoms with Crippen LogP contribution in [0.1, 0.15) is 113 Å². The van der Waals surface area contributed by atoms with Gasteiger partial charge in [-0.15, -0.1) is 0 Å². The fourth-order valence-electron chi connectivity index (χ4n) is 11.8. The molecule has 0 aromatic carbocycles. The van der Waals surface area contributed by atoms with Crippen LogP contribution in [0.3, 0.4) is 0 Å². The summed E-state index contributed by atoms with van der Waals surface area (Å²) < 4.78 is 5.79. The molecule has 10 atom stereocenters. The van der Waals surface area contributed by atoms with Gasteiger partial charge in [0.15, 0.2) is 0 Å². The van der Waals surface area contributed by atoms with Crippen molar-refractivity contribution < 1.29 is 14.6 Å². The number of allylic oxidation sites excluding steroid dienone is 1. The summed E-state index contributed by atoms with van der Waals surface area (Å²) >= 11 is 0. The minimum absolute atomic E-state index is 0.00826. The summed E-state index contributed by atoms with van der Waals surface area (Å²) in [6, 6.07) is 0. The van der Waals surface area contributed by atoms with E-state index in [0.717, 1.165) is 12.3 Å². The lowest BCUT2D eigenvalue weighted by Gasteiger charge is -2.73. The van der Waals surface area contributed by atoms with Crippen molar-refractivity contribution in [2.45, 2.75) is 119 Å². The van der Waals surface area contributed by atoms with Gasteiger partial charge in [0.05, 0.1) is 12.7 Å². The molecule has 198 valence electrons. The molecule has 5 aliphatic rings. The van der Waals surface area contributed by atoms with E-state index in [1.807, 2.05) is 0 Å². The molecule has 0 spiro atoms. The molecule has 0 aliphatic heterocycles. The number of aliphatic hydroxyl groups excluding tert-OH is 1. The van der Waals surface area contributed by atoms with Gasteiger partial charge in [-0.25, -0.2) is 0 Å². The SMILES string of the molecule is C=C(C)[C@@H]1CC[C@]2(COC(C)=O)CC[C@]3(C)[C@@H](CC[C@@H]4[C@@]5(C)CC[C@H](O)C(C)(C)[C@@H]5CC[C@]43C)[C@H]12. The Morgan fingerprint density at radius 1 is 0.857 bits per heavy atom. The van der Waals surface area contributed by atoms with E-state index in [4.69, 9.17) is 4.74 Å². The summed E-state index contributed by atoms with van der Waals surface area (Å²) in [6.45, 7) is 21.5. The molecule has 0 heterocycles. The Kier molecular flexibility index (Phi) is 5.96. The molecule has 0 bridgehead atoms. The number of carbonyl (C=O) groups is 1. The van der Waals surface area contributed by atoms with Crippen LogP contribution >= 0.6 is 0 Å². The Bertz CT molecular complexity index is 891. The van der Waals surface area contributed by atoms with Gasteiger partial charge in [-0.05, 0) is 122 Å². The van der Waals surface area contributed by atoms with Crippen LogP contribution in [0.15, 0.2) is 12.2 Å². The van der Waals surface area contributed by atoms with Crippen molar-refractivity contribution in [2.75, 3.05) is 6.61 Å². The highest BCUT2D eigenvalue weighted by Gasteiger charge is 2.70. The van der Waals surface area contributed by atoms with Gasteiger partial charge in [0, 0.05) is 12.3 Å². The first-order chi connectivity index (χ1) is 16.2. The second kappa shape index (κ2) is 8.08. The third kappa shape index (κ3) is 3.34. The minimum Gasteiger partial charge on any atom is -0.465 e. The maximum Gasteiger partial charge on any atom is 0.302 e. The van der Waals surface area contributed by atoms with E-state index in [9.17, 15) is 9.90 Å². The van der Waals surface area contributed by atoms with Crippen molar-refractivity contribution in [1.29, 1.82) is 0 Å². The summed E-state index contributed by atoms with van der Waals surface area (Å²) in [7, 11) is 0. The van der Waals surface area contributed by atoms with Gasteiger partial charge in [0.25, 0.3) is 0 Å². The zero-order chi connectivity index (χ0) is 25.6. The van der Waals surface area contributed by atoms with Gasteiger partial charge in [-0.3, -0.25) is 4.79 Å². The Balaban J connectivity index is 1.53. The fraction of sp³-hybridized carbons (Fsp3) is 0.906. The Morgan fingerprint density at radius 2 is 1.57 bits per heavy atom. The van der Waals surface area contributed by atoms with E-state index >= 15 is 0 Å². The van der Waals surface area contributed by atoms with E-state index in [2.05, 4.69) is 48.1 Å². The largest absolute Gasteiger partial charge is 0.465 e. The summed E-state index contributed by atoms with van der Waals surface area (Å²) in [5.74, 6) is 3.04. The van der Waals surface area contributed by atoms with E-state index < -0.39 is 0 Å². The van der Waals surface area contributed by atoms with Crippen molar-refractivity contribution in [2.24, 2.45) is 56.7 Å². The number of hydrogen-bond acceptors (Lipinski definition) is 3. The topological polar surface area (TPSA) is 46.5 Å². The third-order valence-corrected chi connectivity index (χ3v) is 13.8. The molecule has 3 heteroatoms. The lowest BCUT2D eigenvalue weighted by atomic mass is 9.32. The molecule has 1 N–H and O–H groups in total. The number of hydrogen-bond donors (Lipinski definition) is 1. The first-order valence-corrected chi connectivity index (χ1v) is 14.7. The number of carbonyl (C=O) groups excluding carboxylic acids is 1. The van der Waals surface area contributed by atoms with Crippen molar-refractivity contribution >= 4 is 5.97 Å². The van der Waals surface area contributed by atoms with Crippen LogP contribution in [0.4, 0.5) is 0 Å². The Labute approximate surface area is 214 Å². The normalized spacial score (nSPS) is 52.5. The van der Waals surface area contributed by atoms with Gasteiger partial charge in [0.2, 0.25) is 0 Å². The van der Waals surface area contributed by atoms with Crippen LogP contribution in [0, 0.1) is 56.7 Å². The molecule has 5 rings (SSSR count). The van der Waals surface area contributed by atoms with Crippen molar-refractivity contribution in [1.82, 2.24) is 0 Å². The second-order valence-corrected chi connectivity index (χ2v) is 15.2. The highest BCUT2D eigenvalue weighted by molar-refractivity contribution is 5.65. The van der Waals surface area contributed by atoms with Gasteiger partial charge < -0.3 is 9.84 Å². The van der Waals surface area contributed by atoms with Crippen LogP contribution in [-0.4, -0.2) is 23.8 Å². The molecule has 0 unspecified atom stereocenters. The van der Waals surface area contributed by atoms with E-state index in [1.165, 1.54) is 63.4 Å². The van der Waals surface area contributed by atoms with Gasteiger partial charge >= 0.3 is 5.97 Å². The third-order valence-electron chi connectivity index (χ3n) is 13.8. The maximum atomic E-state index is 11.9. The Morgan fingerprint density at radius 3 is 2.23 bits per heavy atom. The number of esters is 1. The van der Waals surface area contributed by atoms with Crippen LogP contribution in [-0.2, 0) is 9.53 Å². The van der Waals surface area contributed by atoms with Crippen LogP contribution in [0.5, 0.6) is 0 Å². The molecule has 5 fully saturated rings. The first kappa shape index (κ1) is 25.8. The fourth-order valence-corrected chi connectivity index (χ4v) is 11.8. The lowest BCUT2D eigenvalue weighted by Crippen LogP contribution is -2.66. The number of fused-ring (bicyclic) bond motifs is 7. The van der Waals surface area contributed by atoms with Gasteiger partial charge in [-0.1, -0.05) is 46.8 Å². The molecule has 5 aliphatic carbocycles. The summed E-state index contributed by atoms with van der Waals surface area (Å²) in [4.78, 5) is 11.9. The van der Waals surface area contributed by atoms with E-state index in [1.54, 1.807) is 6.92 Å². The molecular formula is C32H52O3. The molecule has 35 heavy (non-hydrogen) atoms. The smallest absolute Gasteiger partial charge is 0.302 e. The Hall–Kier alpha value is -0.830. The predicted octanol–water partition coefficient (Wildman–Crippen LogP) is 7.57. The van der Waals surface area contributed by atoms with Gasteiger partial charge in [0.1, 0.15) is 0 Å². The molecular weight excluding hydrogens is 432 g/mol. The zero-order valence-corrected chi connectivity index (χ0v) is 23.7. The predicted molar refractivity (Wildman–Crippen MR) is 142 cm³/mol. The standard InChI is InChI=1S/C32H52O3/c1-20(2)22-11-16-32(19-35-21(3)33)18-17-30(7)23(27(22)32)9-10-25-29(6)14-13-26(34)28(4,5)24(29)12-15-31(25,30)8/h22-27,34H,1,9-19H2,2-8H3/t22-,23-,24-,25+,26-,27-,29-,30+,31+,32+/m0/s1. The molecule has 0 saturated heterocycles. The van der Waals surface area contributed by atoms with Crippen LogP contribution < -0.4 is 0 Å². The molecule has 5 saturated carbocycles. The minimum atomic E-state index is -0.164. The van der Waals surface area contributed by atoms with E-state index in [0.29, 0.717) is 46.5 Å². The highest BCUT2D eigenvalue weighted by Crippen LogP contribution is 2.77. The average molecular weight is 485 g/mol. The monoisotopic (exact) mass is 484 g/mol. The maximum absolute atomic E-state index is 11.9. The van der Waals surface area contributed by atoms with Gasteiger partial charge in [-0.2, -0.15) is 0 Å². The first-order valence-electron chi connectivity index (χ1n) is 14.7. The summed E-state index contributed by atoms with van der Waals surface area (Å²) in [5, 5.41) is 10.9. The molecule has 0 aromatic rings. The lowest BCUT2D eigenvalue weighted by molar-refractivity contribution is -0.249. The highest BCUT2D eigenvalue weighted by atomic mass is 16.5. The molecule has 0 amide bonds. The quantitative estimate of drug-likeness (QED) is 0.332. The number of ether oxygens (including phenoxy) is 1. The second-order valence-electron chi connectivity index (χ2n) is 15.2. The summed E-state index contributed by atoms with van der Waals surface area (Å²) in [6.07, 6.45) is 12.0. The van der Waals surface area contributed by atoms with Crippen molar-refractivity contribution in [3.8, 4) is 0 Å².